The SMILES string of the molecule is O=CO.O=CO.[Cu]. The first kappa shape index (κ1) is 16.1. The van der Waals surface area contributed by atoms with Crippen molar-refractivity contribution in [3.63, 3.8) is 0 Å². The maximum Gasteiger partial charge on any atom is 0.290 e. The number of carboxylic acid groups (broad SMARTS) is 2. The smallest absolute Gasteiger partial charge is 0.290 e. The van der Waals surface area contributed by atoms with Gasteiger partial charge in [0.15, 0.2) is 0 Å². The standard InChI is InChI=1S/2CH2O2.Cu/c2*2-1-3;/h2*1H,(H,2,3);. The van der Waals surface area contributed by atoms with Gasteiger partial charge in [0.05, 0.1) is 0 Å². The van der Waals surface area contributed by atoms with Crippen molar-refractivity contribution >= 4 is 12.9 Å². The fourth-order valence-electron chi connectivity index (χ4n) is 0. The van der Waals surface area contributed by atoms with Gasteiger partial charge in [-0.2, -0.15) is 0 Å². The summed E-state index contributed by atoms with van der Waals surface area (Å²) in [5.74, 6) is 0. The minimum Gasteiger partial charge on any atom is -0.483 e. The molecule has 0 saturated carbocycles. The molecule has 0 aliphatic heterocycles. The van der Waals surface area contributed by atoms with E-state index in [1.807, 2.05) is 0 Å². The van der Waals surface area contributed by atoms with Crippen molar-refractivity contribution in [3.8, 4) is 0 Å². The third-order valence-electron chi connectivity index (χ3n) is 0. The molecular weight excluding hydrogens is 152 g/mol. The Morgan fingerprint density at radius 1 is 1.00 bits per heavy atom. The predicted molar refractivity (Wildman–Crippen MR) is 17.4 cm³/mol. The molecule has 0 amide bonds. The molecule has 0 aliphatic carbocycles. The minimum atomic E-state index is -0.250. The van der Waals surface area contributed by atoms with E-state index < -0.39 is 0 Å². The van der Waals surface area contributed by atoms with Crippen molar-refractivity contribution in [1.29, 1.82) is 0 Å². The third-order valence-corrected chi connectivity index (χ3v) is 0. The predicted octanol–water partition coefficient (Wildman–Crippen LogP) is -0.601. The molecule has 0 bridgehead atoms. The minimum absolute atomic E-state index is 0. The number of hydrogen-bond acceptors (Lipinski definition) is 2. The summed E-state index contributed by atoms with van der Waals surface area (Å²) in [5, 5.41) is 13.8. The molecule has 0 spiro atoms. The molecule has 0 atom stereocenters. The maximum atomic E-state index is 8.36. The Bertz CT molecular complexity index is 30.7. The van der Waals surface area contributed by atoms with Gasteiger partial charge in [-0.15, -0.1) is 0 Å². The van der Waals surface area contributed by atoms with E-state index in [1.165, 1.54) is 0 Å². The van der Waals surface area contributed by atoms with Crippen LogP contribution in [0.4, 0.5) is 0 Å². The zero-order valence-electron chi connectivity index (χ0n) is 3.17. The Hall–Kier alpha value is -0.541. The first-order valence-corrected chi connectivity index (χ1v) is 0.988. The second kappa shape index (κ2) is 51.0. The summed E-state index contributed by atoms with van der Waals surface area (Å²) in [6, 6.07) is 0. The molecule has 2 N–H and O–H groups in total. The van der Waals surface area contributed by atoms with Gasteiger partial charge < -0.3 is 10.2 Å². The van der Waals surface area contributed by atoms with Gasteiger partial charge in [0.1, 0.15) is 0 Å². The van der Waals surface area contributed by atoms with E-state index in [0.29, 0.717) is 0 Å². The van der Waals surface area contributed by atoms with E-state index >= 15 is 0 Å². The van der Waals surface area contributed by atoms with Gasteiger partial charge in [0.2, 0.25) is 0 Å². The van der Waals surface area contributed by atoms with Gasteiger partial charge in [-0.3, -0.25) is 9.59 Å². The molecule has 7 heavy (non-hydrogen) atoms. The number of rotatable bonds is 0. The van der Waals surface area contributed by atoms with Crippen LogP contribution in [0.5, 0.6) is 0 Å². The summed E-state index contributed by atoms with van der Waals surface area (Å²) in [6.07, 6.45) is 0. The van der Waals surface area contributed by atoms with Crippen molar-refractivity contribution in [1.82, 2.24) is 0 Å². The summed E-state index contributed by atoms with van der Waals surface area (Å²) < 4.78 is 0. The topological polar surface area (TPSA) is 74.6 Å². The zero-order valence-corrected chi connectivity index (χ0v) is 4.11. The molecule has 0 aromatic carbocycles. The van der Waals surface area contributed by atoms with Crippen LogP contribution >= 0.6 is 0 Å². The zero-order chi connectivity index (χ0) is 5.41. The van der Waals surface area contributed by atoms with Crippen molar-refractivity contribution < 1.29 is 36.9 Å². The molecule has 0 aromatic rings. The van der Waals surface area contributed by atoms with E-state index in [4.69, 9.17) is 19.8 Å². The average Bonchev–Trinajstić information content (AvgIpc) is 1.39. The van der Waals surface area contributed by atoms with Crippen molar-refractivity contribution in [2.45, 2.75) is 0 Å². The summed E-state index contributed by atoms with van der Waals surface area (Å²) >= 11 is 0. The second-order valence-corrected chi connectivity index (χ2v) is 0.211. The molecule has 0 aliphatic rings. The molecule has 47 valence electrons. The Kier molecular flexibility index (Phi) is 117. The van der Waals surface area contributed by atoms with E-state index in [9.17, 15) is 0 Å². The van der Waals surface area contributed by atoms with Crippen LogP contribution in [0.2, 0.25) is 0 Å². The van der Waals surface area contributed by atoms with Crippen molar-refractivity contribution in [2.24, 2.45) is 0 Å². The summed E-state index contributed by atoms with van der Waals surface area (Å²) in [5.41, 5.74) is 0. The molecule has 0 unspecified atom stereocenters. The summed E-state index contributed by atoms with van der Waals surface area (Å²) in [4.78, 5) is 16.7. The van der Waals surface area contributed by atoms with Crippen LogP contribution in [-0.2, 0) is 26.7 Å². The first-order valence-electron chi connectivity index (χ1n) is 0.988. The van der Waals surface area contributed by atoms with E-state index in [0.717, 1.165) is 0 Å². The van der Waals surface area contributed by atoms with Crippen LogP contribution in [0.15, 0.2) is 0 Å². The Morgan fingerprint density at radius 3 is 1.00 bits per heavy atom. The molecule has 0 aromatic heterocycles. The molecule has 0 fully saturated rings. The molecule has 4 nitrogen and oxygen atoms in total. The first-order chi connectivity index (χ1) is 2.83. The van der Waals surface area contributed by atoms with E-state index in [-0.39, 0.29) is 30.0 Å². The normalized spacial score (nSPS) is 3.43. The van der Waals surface area contributed by atoms with Crippen molar-refractivity contribution in [2.75, 3.05) is 0 Å². The van der Waals surface area contributed by atoms with Gasteiger partial charge in [0, 0.05) is 17.1 Å². The largest absolute Gasteiger partial charge is 0.483 e. The molecule has 0 heterocycles. The summed E-state index contributed by atoms with van der Waals surface area (Å²) in [6.45, 7) is -0.500. The maximum absolute atomic E-state index is 8.36. The van der Waals surface area contributed by atoms with Gasteiger partial charge in [0.25, 0.3) is 12.9 Å². The summed E-state index contributed by atoms with van der Waals surface area (Å²) in [7, 11) is 0. The molecule has 0 rings (SSSR count). The van der Waals surface area contributed by atoms with Crippen LogP contribution in [0.25, 0.3) is 0 Å². The van der Waals surface area contributed by atoms with Crippen molar-refractivity contribution in [3.05, 3.63) is 0 Å². The van der Waals surface area contributed by atoms with Crippen LogP contribution < -0.4 is 0 Å². The number of hydrogen-bond donors (Lipinski definition) is 2. The quantitative estimate of drug-likeness (QED) is 0.362. The number of carbonyl (C=O) groups is 2. The fourth-order valence-corrected chi connectivity index (χ4v) is 0. The van der Waals surface area contributed by atoms with Crippen LogP contribution in [0, 0.1) is 0 Å². The van der Waals surface area contributed by atoms with Gasteiger partial charge in [-0.25, -0.2) is 0 Å². The Labute approximate surface area is 50.6 Å². The molecule has 5 heteroatoms. The average molecular weight is 156 g/mol. The molecular formula is C2H4CuO4. The third kappa shape index (κ3) is 224. The monoisotopic (exact) mass is 155 g/mol. The van der Waals surface area contributed by atoms with Gasteiger partial charge in [-0.05, 0) is 0 Å². The van der Waals surface area contributed by atoms with Gasteiger partial charge >= 0.3 is 0 Å². The molecule has 0 saturated heterocycles. The van der Waals surface area contributed by atoms with E-state index in [2.05, 4.69) is 0 Å². The Morgan fingerprint density at radius 2 is 1.00 bits per heavy atom. The fraction of sp³-hybridized carbons (Fsp3) is 0. The second-order valence-electron chi connectivity index (χ2n) is 0.211. The Balaban J connectivity index is -0.0000000400. The van der Waals surface area contributed by atoms with Crippen LogP contribution in [0.1, 0.15) is 0 Å². The van der Waals surface area contributed by atoms with Crippen LogP contribution in [-0.4, -0.2) is 23.2 Å². The molecule has 1 radical (unpaired) electrons. The van der Waals surface area contributed by atoms with Crippen LogP contribution in [0.3, 0.4) is 0 Å². The van der Waals surface area contributed by atoms with Gasteiger partial charge in [-0.1, -0.05) is 0 Å². The van der Waals surface area contributed by atoms with E-state index in [1.54, 1.807) is 0 Å².